The number of hydrogen-bond donors (Lipinski definition) is 1. The van der Waals surface area contributed by atoms with Crippen molar-refractivity contribution >= 4 is 35.8 Å². The fourth-order valence-electron chi connectivity index (χ4n) is 4.45. The van der Waals surface area contributed by atoms with Gasteiger partial charge in [-0.1, -0.05) is 6.92 Å². The molecule has 1 aliphatic heterocycles. The van der Waals surface area contributed by atoms with Crippen molar-refractivity contribution in [2.45, 2.75) is 58.1 Å². The molecule has 2 aromatic rings. The Kier molecular flexibility index (Phi) is 7.88. The van der Waals surface area contributed by atoms with E-state index in [-0.39, 0.29) is 6.10 Å². The Morgan fingerprint density at radius 3 is 2.67 bits per heavy atom. The number of aryl methyl sites for hydroxylation is 1. The number of hydrogen-bond acceptors (Lipinski definition) is 8. The van der Waals surface area contributed by atoms with Gasteiger partial charge in [0.2, 0.25) is 0 Å². The molecule has 1 aromatic heterocycles. The average Bonchev–Trinajstić information content (AvgIpc) is 2.86. The smallest absolute Gasteiger partial charge is 0.149 e. The standard InChI is InChI=1S/C25H34N6O2/c1-4-18-14-24(29-17-28-18)30-19-6-8-21(9-7-19)33-23-16-20(31-10-12-32-13-11-31)15-22(27-5-2)25(23)26-3/h5,14-17,19,21H,3-4,6-13H2,1-2H3,(H,28,29,30). The van der Waals surface area contributed by atoms with Crippen LogP contribution in [-0.2, 0) is 11.2 Å². The Bertz CT molecular complexity index is 965. The van der Waals surface area contributed by atoms with Gasteiger partial charge in [0.05, 0.1) is 25.0 Å². The minimum Gasteiger partial charge on any atom is -0.488 e. The molecule has 0 bridgehead atoms. The van der Waals surface area contributed by atoms with Crippen molar-refractivity contribution in [3.05, 3.63) is 30.2 Å². The van der Waals surface area contributed by atoms with Gasteiger partial charge >= 0.3 is 0 Å². The van der Waals surface area contributed by atoms with Gasteiger partial charge in [-0.3, -0.25) is 9.98 Å². The lowest BCUT2D eigenvalue weighted by Crippen LogP contribution is -2.36. The predicted octanol–water partition coefficient (Wildman–Crippen LogP) is 4.73. The average molecular weight is 451 g/mol. The molecule has 1 aliphatic carbocycles. The van der Waals surface area contributed by atoms with Crippen LogP contribution in [0.25, 0.3) is 0 Å². The van der Waals surface area contributed by atoms with E-state index in [2.05, 4.69) is 55.9 Å². The predicted molar refractivity (Wildman–Crippen MR) is 134 cm³/mol. The van der Waals surface area contributed by atoms with E-state index in [1.165, 1.54) is 0 Å². The second kappa shape index (κ2) is 11.2. The van der Waals surface area contributed by atoms with Gasteiger partial charge in [0, 0.05) is 48.9 Å². The van der Waals surface area contributed by atoms with Crippen molar-refractivity contribution in [3.63, 3.8) is 0 Å². The van der Waals surface area contributed by atoms with Gasteiger partial charge in [0.15, 0.2) is 0 Å². The Morgan fingerprint density at radius 1 is 1.18 bits per heavy atom. The number of aromatic nitrogens is 2. The van der Waals surface area contributed by atoms with E-state index in [9.17, 15) is 0 Å². The number of morpholine rings is 1. The molecule has 176 valence electrons. The first kappa shape index (κ1) is 23.2. The summed E-state index contributed by atoms with van der Waals surface area (Å²) in [4.78, 5) is 19.8. The highest BCUT2D eigenvalue weighted by atomic mass is 16.5. The zero-order valence-electron chi connectivity index (χ0n) is 19.7. The first-order valence-corrected chi connectivity index (χ1v) is 11.9. The van der Waals surface area contributed by atoms with Crippen LogP contribution in [0.15, 0.2) is 34.5 Å². The number of nitrogens with zero attached hydrogens (tertiary/aromatic N) is 5. The van der Waals surface area contributed by atoms with E-state index >= 15 is 0 Å². The summed E-state index contributed by atoms with van der Waals surface area (Å²) >= 11 is 0. The summed E-state index contributed by atoms with van der Waals surface area (Å²) in [5.41, 5.74) is 3.64. The van der Waals surface area contributed by atoms with Gasteiger partial charge in [-0.05, 0) is 51.8 Å². The van der Waals surface area contributed by atoms with E-state index in [4.69, 9.17) is 9.47 Å². The first-order valence-electron chi connectivity index (χ1n) is 11.9. The molecule has 0 radical (unpaired) electrons. The normalized spacial score (nSPS) is 21.2. The van der Waals surface area contributed by atoms with E-state index in [0.29, 0.717) is 11.7 Å². The second-order valence-corrected chi connectivity index (χ2v) is 8.44. The summed E-state index contributed by atoms with van der Waals surface area (Å²) in [7, 11) is 0. The van der Waals surface area contributed by atoms with Crippen LogP contribution in [0, 0.1) is 0 Å². The topological polar surface area (TPSA) is 84.2 Å². The van der Waals surface area contributed by atoms with Crippen molar-refractivity contribution in [1.82, 2.24) is 9.97 Å². The lowest BCUT2D eigenvalue weighted by molar-refractivity contribution is 0.122. The number of nitrogens with one attached hydrogen (secondary N) is 1. The van der Waals surface area contributed by atoms with Crippen LogP contribution in [0.5, 0.6) is 5.75 Å². The highest BCUT2D eigenvalue weighted by Gasteiger charge is 2.25. The molecule has 1 saturated carbocycles. The molecule has 0 amide bonds. The molecule has 2 fully saturated rings. The number of benzene rings is 1. The lowest BCUT2D eigenvalue weighted by Gasteiger charge is -2.32. The van der Waals surface area contributed by atoms with Gasteiger partial charge in [-0.2, -0.15) is 0 Å². The second-order valence-electron chi connectivity index (χ2n) is 8.44. The fourth-order valence-corrected chi connectivity index (χ4v) is 4.45. The molecule has 0 atom stereocenters. The SMILES string of the molecule is C=Nc1c(N=CC)cc(N2CCOCC2)cc1OC1CCC(Nc2cc(CC)ncn2)CC1. The summed E-state index contributed by atoms with van der Waals surface area (Å²) in [6.45, 7) is 11.0. The van der Waals surface area contributed by atoms with Crippen molar-refractivity contribution in [2.24, 2.45) is 9.98 Å². The van der Waals surface area contributed by atoms with Crippen LogP contribution in [0.1, 0.15) is 45.2 Å². The number of aliphatic imine (C=N–C) groups is 2. The Morgan fingerprint density at radius 2 is 1.97 bits per heavy atom. The van der Waals surface area contributed by atoms with Gasteiger partial charge in [-0.25, -0.2) is 9.97 Å². The van der Waals surface area contributed by atoms with Crippen LogP contribution >= 0.6 is 0 Å². The molecular weight excluding hydrogens is 416 g/mol. The van der Waals surface area contributed by atoms with Gasteiger partial charge in [-0.15, -0.1) is 0 Å². The summed E-state index contributed by atoms with van der Waals surface area (Å²) in [6.07, 6.45) is 8.44. The van der Waals surface area contributed by atoms with Crippen LogP contribution in [-0.4, -0.2) is 61.3 Å². The van der Waals surface area contributed by atoms with E-state index in [0.717, 1.165) is 87.0 Å². The highest BCUT2D eigenvalue weighted by Crippen LogP contribution is 2.43. The molecular formula is C25H34N6O2. The molecule has 1 saturated heterocycles. The molecule has 2 aliphatic rings. The number of ether oxygens (including phenoxy) is 2. The molecule has 8 nitrogen and oxygen atoms in total. The van der Waals surface area contributed by atoms with Crippen LogP contribution in [0.3, 0.4) is 0 Å². The Hall–Kier alpha value is -3.00. The molecule has 2 heterocycles. The quantitative estimate of drug-likeness (QED) is 0.585. The van der Waals surface area contributed by atoms with E-state index < -0.39 is 0 Å². The van der Waals surface area contributed by atoms with Crippen molar-refractivity contribution in [1.29, 1.82) is 0 Å². The van der Waals surface area contributed by atoms with Crippen LogP contribution < -0.4 is 15.0 Å². The third kappa shape index (κ3) is 5.87. The first-order chi connectivity index (χ1) is 16.2. The monoisotopic (exact) mass is 450 g/mol. The number of anilines is 2. The van der Waals surface area contributed by atoms with Gasteiger partial charge in [0.25, 0.3) is 0 Å². The molecule has 4 rings (SSSR count). The summed E-state index contributed by atoms with van der Waals surface area (Å²) in [5, 5.41) is 3.57. The summed E-state index contributed by atoms with van der Waals surface area (Å²) in [5.74, 6) is 1.67. The highest BCUT2D eigenvalue weighted by molar-refractivity contribution is 5.80. The van der Waals surface area contributed by atoms with E-state index in [1.54, 1.807) is 12.5 Å². The fraction of sp³-hybridized carbons (Fsp3) is 0.520. The molecule has 8 heteroatoms. The Labute approximate surface area is 196 Å². The van der Waals surface area contributed by atoms with Crippen LogP contribution in [0.2, 0.25) is 0 Å². The molecule has 1 aromatic carbocycles. The zero-order valence-corrected chi connectivity index (χ0v) is 19.7. The van der Waals surface area contributed by atoms with E-state index in [1.807, 2.05) is 13.0 Å². The third-order valence-electron chi connectivity index (χ3n) is 6.25. The molecule has 33 heavy (non-hydrogen) atoms. The molecule has 0 spiro atoms. The summed E-state index contributed by atoms with van der Waals surface area (Å²) in [6, 6.07) is 6.58. The maximum absolute atomic E-state index is 6.51. The zero-order chi connectivity index (χ0) is 23.0. The van der Waals surface area contributed by atoms with Crippen molar-refractivity contribution < 1.29 is 9.47 Å². The maximum Gasteiger partial charge on any atom is 0.149 e. The van der Waals surface area contributed by atoms with Crippen molar-refractivity contribution in [3.8, 4) is 5.75 Å². The maximum atomic E-state index is 6.51. The van der Waals surface area contributed by atoms with Gasteiger partial charge in [0.1, 0.15) is 23.6 Å². The number of rotatable bonds is 8. The van der Waals surface area contributed by atoms with Gasteiger partial charge < -0.3 is 19.7 Å². The third-order valence-corrected chi connectivity index (χ3v) is 6.25. The van der Waals surface area contributed by atoms with Crippen LogP contribution in [0.4, 0.5) is 22.9 Å². The summed E-state index contributed by atoms with van der Waals surface area (Å²) < 4.78 is 12.0. The minimum atomic E-state index is 0.138. The Balaban J connectivity index is 1.44. The largest absolute Gasteiger partial charge is 0.488 e. The molecule has 0 unspecified atom stereocenters. The minimum absolute atomic E-state index is 0.138. The lowest BCUT2D eigenvalue weighted by atomic mass is 9.93. The van der Waals surface area contributed by atoms with Crippen molar-refractivity contribution in [2.75, 3.05) is 36.5 Å². The molecule has 1 N–H and O–H groups in total.